The second-order valence-electron chi connectivity index (χ2n) is 7.57. The maximum absolute atomic E-state index is 12.5. The Bertz CT molecular complexity index is 711. The van der Waals surface area contributed by atoms with Gasteiger partial charge in [-0.15, -0.1) is 10.2 Å². The predicted octanol–water partition coefficient (Wildman–Crippen LogP) is 2.77. The molecule has 26 heavy (non-hydrogen) atoms. The highest BCUT2D eigenvalue weighted by Crippen LogP contribution is 2.29. The van der Waals surface area contributed by atoms with Crippen LogP contribution in [0.25, 0.3) is 11.5 Å². The molecule has 7 nitrogen and oxygen atoms in total. The van der Waals surface area contributed by atoms with Crippen LogP contribution in [0, 0.1) is 5.92 Å². The third kappa shape index (κ3) is 3.82. The molecule has 0 atom stereocenters. The number of likely N-dealkylation sites (tertiary alicyclic amines) is 2. The zero-order valence-electron chi connectivity index (χ0n) is 15.3. The molecular weight excluding hydrogens is 332 g/mol. The summed E-state index contributed by atoms with van der Waals surface area (Å²) in [7, 11) is 0. The second-order valence-corrected chi connectivity index (χ2v) is 7.57. The van der Waals surface area contributed by atoms with Crippen LogP contribution < -0.4 is 0 Å². The van der Waals surface area contributed by atoms with Crippen molar-refractivity contribution in [2.75, 3.05) is 32.7 Å². The normalized spacial score (nSPS) is 20.6. The van der Waals surface area contributed by atoms with Gasteiger partial charge in [0.05, 0.1) is 18.4 Å². The van der Waals surface area contributed by atoms with E-state index in [0.29, 0.717) is 18.3 Å². The standard InChI is InChI=1S/C19H26N4O3/c1-14-2-9-23(10-3-14)17(24)12-22-7-4-15(5-8-22)18-20-21-19(26-18)16-6-11-25-13-16/h6,11,13-15H,2-5,7-10,12H2,1H3. The maximum Gasteiger partial charge on any atom is 0.250 e. The number of furan rings is 1. The van der Waals surface area contributed by atoms with Gasteiger partial charge in [-0.2, -0.15) is 0 Å². The average Bonchev–Trinajstić information content (AvgIpc) is 3.34. The fourth-order valence-electron chi connectivity index (χ4n) is 3.79. The first-order chi connectivity index (χ1) is 12.7. The zero-order chi connectivity index (χ0) is 17.9. The number of rotatable bonds is 4. The van der Waals surface area contributed by atoms with Crippen molar-refractivity contribution in [2.45, 2.75) is 38.5 Å². The highest BCUT2D eigenvalue weighted by Gasteiger charge is 2.28. The van der Waals surface area contributed by atoms with Crippen LogP contribution in [0.3, 0.4) is 0 Å². The van der Waals surface area contributed by atoms with E-state index < -0.39 is 0 Å². The number of amides is 1. The summed E-state index contributed by atoms with van der Waals surface area (Å²) in [4.78, 5) is 16.8. The van der Waals surface area contributed by atoms with Gasteiger partial charge in [-0.25, -0.2) is 0 Å². The van der Waals surface area contributed by atoms with Gasteiger partial charge in [0.1, 0.15) is 6.26 Å². The number of aromatic nitrogens is 2. The van der Waals surface area contributed by atoms with Crippen molar-refractivity contribution in [3.05, 3.63) is 24.5 Å². The molecule has 2 aromatic rings. The van der Waals surface area contributed by atoms with Gasteiger partial charge >= 0.3 is 0 Å². The molecule has 2 fully saturated rings. The van der Waals surface area contributed by atoms with Crippen LogP contribution in [0.15, 0.2) is 27.4 Å². The number of carbonyl (C=O) groups is 1. The van der Waals surface area contributed by atoms with E-state index >= 15 is 0 Å². The average molecular weight is 358 g/mol. The van der Waals surface area contributed by atoms with Gasteiger partial charge in [-0.3, -0.25) is 9.69 Å². The molecule has 0 radical (unpaired) electrons. The fourth-order valence-corrected chi connectivity index (χ4v) is 3.79. The minimum atomic E-state index is 0.269. The number of carbonyl (C=O) groups excluding carboxylic acids is 1. The fraction of sp³-hybridized carbons (Fsp3) is 0.632. The molecule has 4 rings (SSSR count). The third-order valence-electron chi connectivity index (χ3n) is 5.64. The zero-order valence-corrected chi connectivity index (χ0v) is 15.3. The summed E-state index contributed by atoms with van der Waals surface area (Å²) in [6.07, 6.45) is 7.34. The first-order valence-electron chi connectivity index (χ1n) is 9.55. The number of nitrogens with zero attached hydrogens (tertiary/aromatic N) is 4. The van der Waals surface area contributed by atoms with E-state index in [0.717, 1.165) is 63.3 Å². The van der Waals surface area contributed by atoms with Crippen LogP contribution in [0.4, 0.5) is 0 Å². The first-order valence-corrected chi connectivity index (χ1v) is 9.55. The Morgan fingerprint density at radius 2 is 1.92 bits per heavy atom. The highest BCUT2D eigenvalue weighted by molar-refractivity contribution is 5.78. The third-order valence-corrected chi connectivity index (χ3v) is 5.64. The van der Waals surface area contributed by atoms with Crippen LogP contribution in [0.2, 0.25) is 0 Å². The van der Waals surface area contributed by atoms with Crippen molar-refractivity contribution < 1.29 is 13.6 Å². The highest BCUT2D eigenvalue weighted by atomic mass is 16.4. The van der Waals surface area contributed by atoms with E-state index in [1.165, 1.54) is 0 Å². The van der Waals surface area contributed by atoms with Crippen LogP contribution >= 0.6 is 0 Å². The van der Waals surface area contributed by atoms with Crippen molar-refractivity contribution >= 4 is 5.91 Å². The number of hydrogen-bond donors (Lipinski definition) is 0. The lowest BCUT2D eigenvalue weighted by molar-refractivity contribution is -0.134. The molecular formula is C19H26N4O3. The summed E-state index contributed by atoms with van der Waals surface area (Å²) in [5.41, 5.74) is 0.808. The molecule has 0 aliphatic carbocycles. The van der Waals surface area contributed by atoms with Crippen LogP contribution in [0.1, 0.15) is 44.4 Å². The molecule has 140 valence electrons. The maximum atomic E-state index is 12.5. The van der Waals surface area contributed by atoms with Crippen LogP contribution in [-0.4, -0.2) is 58.6 Å². The second kappa shape index (κ2) is 7.61. The Kier molecular flexibility index (Phi) is 5.06. The largest absolute Gasteiger partial charge is 0.472 e. The van der Waals surface area contributed by atoms with E-state index in [1.54, 1.807) is 12.5 Å². The summed E-state index contributed by atoms with van der Waals surface area (Å²) < 4.78 is 10.9. The minimum absolute atomic E-state index is 0.269. The topological polar surface area (TPSA) is 75.6 Å². The summed E-state index contributed by atoms with van der Waals surface area (Å²) in [5.74, 6) is 2.49. The van der Waals surface area contributed by atoms with E-state index in [-0.39, 0.29) is 11.8 Å². The monoisotopic (exact) mass is 358 g/mol. The van der Waals surface area contributed by atoms with Crippen molar-refractivity contribution in [1.29, 1.82) is 0 Å². The molecule has 0 spiro atoms. The van der Waals surface area contributed by atoms with Gasteiger partial charge in [-0.05, 0) is 50.8 Å². The Hall–Kier alpha value is -2.15. The molecule has 4 heterocycles. The van der Waals surface area contributed by atoms with Crippen molar-refractivity contribution in [3.63, 3.8) is 0 Å². The van der Waals surface area contributed by atoms with Gasteiger partial charge in [0, 0.05) is 19.0 Å². The van der Waals surface area contributed by atoms with Crippen molar-refractivity contribution in [2.24, 2.45) is 5.92 Å². The first kappa shape index (κ1) is 17.3. The van der Waals surface area contributed by atoms with Gasteiger partial charge in [-0.1, -0.05) is 6.92 Å². The van der Waals surface area contributed by atoms with E-state index in [4.69, 9.17) is 8.83 Å². The molecule has 7 heteroatoms. The molecule has 2 aromatic heterocycles. The molecule has 0 unspecified atom stereocenters. The Morgan fingerprint density at radius 3 is 2.62 bits per heavy atom. The van der Waals surface area contributed by atoms with Crippen LogP contribution in [0.5, 0.6) is 0 Å². The molecule has 1 amide bonds. The molecule has 0 N–H and O–H groups in total. The summed E-state index contributed by atoms with van der Waals surface area (Å²) in [5, 5.41) is 8.33. The predicted molar refractivity (Wildman–Crippen MR) is 95.4 cm³/mol. The Balaban J connectivity index is 1.27. The summed E-state index contributed by atoms with van der Waals surface area (Å²) in [6, 6.07) is 1.81. The van der Waals surface area contributed by atoms with Gasteiger partial charge < -0.3 is 13.7 Å². The molecule has 2 aliphatic rings. The van der Waals surface area contributed by atoms with E-state index in [1.807, 2.05) is 11.0 Å². The van der Waals surface area contributed by atoms with Gasteiger partial charge in [0.15, 0.2) is 0 Å². The number of piperidine rings is 2. The smallest absolute Gasteiger partial charge is 0.250 e. The molecule has 0 aromatic carbocycles. The molecule has 0 saturated carbocycles. The Morgan fingerprint density at radius 1 is 1.15 bits per heavy atom. The minimum Gasteiger partial charge on any atom is -0.472 e. The molecule has 0 bridgehead atoms. The molecule has 2 aliphatic heterocycles. The quantitative estimate of drug-likeness (QED) is 0.836. The van der Waals surface area contributed by atoms with Crippen molar-refractivity contribution in [1.82, 2.24) is 20.0 Å². The summed E-state index contributed by atoms with van der Waals surface area (Å²) in [6.45, 7) is 6.41. The Labute approximate surface area is 153 Å². The SMILES string of the molecule is CC1CCN(C(=O)CN2CCC(c3nnc(-c4ccoc4)o3)CC2)CC1. The van der Waals surface area contributed by atoms with Crippen LogP contribution in [-0.2, 0) is 4.79 Å². The van der Waals surface area contributed by atoms with E-state index in [9.17, 15) is 4.79 Å². The lowest BCUT2D eigenvalue weighted by Gasteiger charge is -2.34. The van der Waals surface area contributed by atoms with Gasteiger partial charge in [0.2, 0.25) is 11.8 Å². The molecule has 2 saturated heterocycles. The van der Waals surface area contributed by atoms with Crippen molar-refractivity contribution in [3.8, 4) is 11.5 Å². The number of hydrogen-bond acceptors (Lipinski definition) is 6. The lowest BCUT2D eigenvalue weighted by atomic mass is 9.96. The van der Waals surface area contributed by atoms with Gasteiger partial charge in [0.25, 0.3) is 5.89 Å². The summed E-state index contributed by atoms with van der Waals surface area (Å²) >= 11 is 0. The lowest BCUT2D eigenvalue weighted by Crippen LogP contribution is -2.45. The van der Waals surface area contributed by atoms with E-state index in [2.05, 4.69) is 22.0 Å².